The van der Waals surface area contributed by atoms with E-state index in [1.807, 2.05) is 0 Å². The van der Waals surface area contributed by atoms with E-state index >= 15 is 0 Å². The molecule has 2 aromatic heterocycles. The number of rotatable bonds is 3. The van der Waals surface area contributed by atoms with Crippen LogP contribution in [-0.2, 0) is 11.2 Å². The number of carbonyl (C=O) groups excluding carboxylic acids is 1. The maximum Gasteiger partial charge on any atom is 0.341 e. The largest absolute Gasteiger partial charge is 0.465 e. The molecule has 0 fully saturated rings. The van der Waals surface area contributed by atoms with Gasteiger partial charge < -0.3 is 4.74 Å². The van der Waals surface area contributed by atoms with Crippen LogP contribution in [0.4, 0.5) is 0 Å². The Labute approximate surface area is 122 Å². The van der Waals surface area contributed by atoms with Gasteiger partial charge in [-0.25, -0.2) is 14.3 Å². The molecular formula is C16H15N3O2. The molecule has 2 heterocycles. The number of fused-ring (bicyclic) bond motifs is 1. The smallest absolute Gasteiger partial charge is 0.341 e. The fourth-order valence-electron chi connectivity index (χ4n) is 2.18. The molecule has 0 bridgehead atoms. The van der Waals surface area contributed by atoms with Gasteiger partial charge in [-0.3, -0.25) is 0 Å². The highest BCUT2D eigenvalue weighted by atomic mass is 16.5. The average molecular weight is 281 g/mol. The molecule has 0 saturated heterocycles. The van der Waals surface area contributed by atoms with E-state index in [0.29, 0.717) is 23.5 Å². The number of aromatic nitrogens is 3. The van der Waals surface area contributed by atoms with Gasteiger partial charge >= 0.3 is 5.97 Å². The summed E-state index contributed by atoms with van der Waals surface area (Å²) in [7, 11) is 1.36. The molecule has 0 N–H and O–H groups in total. The van der Waals surface area contributed by atoms with E-state index in [4.69, 9.17) is 4.74 Å². The van der Waals surface area contributed by atoms with Crippen molar-refractivity contribution in [1.82, 2.24) is 14.6 Å². The first-order chi connectivity index (χ1) is 10.2. The van der Waals surface area contributed by atoms with E-state index < -0.39 is 5.97 Å². The lowest BCUT2D eigenvalue weighted by Gasteiger charge is -1.99. The van der Waals surface area contributed by atoms with Gasteiger partial charge in [-0.05, 0) is 24.6 Å². The molecule has 0 unspecified atom stereocenters. The number of benzene rings is 1. The molecule has 106 valence electrons. The van der Waals surface area contributed by atoms with Gasteiger partial charge in [-0.1, -0.05) is 29.8 Å². The number of ether oxygens (including phenoxy) is 1. The van der Waals surface area contributed by atoms with Gasteiger partial charge in [0.25, 0.3) is 0 Å². The van der Waals surface area contributed by atoms with Crippen molar-refractivity contribution in [2.24, 2.45) is 0 Å². The predicted molar refractivity (Wildman–Crippen MR) is 78.3 cm³/mol. The second-order valence-corrected chi connectivity index (χ2v) is 4.87. The van der Waals surface area contributed by atoms with Crippen molar-refractivity contribution in [3.8, 4) is 0 Å². The fraction of sp³-hybridized carbons (Fsp3) is 0.188. The van der Waals surface area contributed by atoms with E-state index in [1.165, 1.54) is 12.7 Å². The normalized spacial score (nSPS) is 10.8. The molecule has 0 spiro atoms. The molecule has 0 amide bonds. The van der Waals surface area contributed by atoms with Crippen LogP contribution in [0.15, 0.2) is 42.6 Å². The number of hydrogen-bond acceptors (Lipinski definition) is 4. The van der Waals surface area contributed by atoms with Crippen molar-refractivity contribution in [1.29, 1.82) is 0 Å². The van der Waals surface area contributed by atoms with Crippen molar-refractivity contribution >= 4 is 11.6 Å². The Morgan fingerprint density at radius 2 is 2.00 bits per heavy atom. The van der Waals surface area contributed by atoms with E-state index in [1.54, 1.807) is 22.8 Å². The minimum Gasteiger partial charge on any atom is -0.465 e. The van der Waals surface area contributed by atoms with Crippen molar-refractivity contribution in [3.63, 3.8) is 0 Å². The number of carbonyl (C=O) groups is 1. The summed E-state index contributed by atoms with van der Waals surface area (Å²) >= 11 is 0. The number of hydrogen-bond donors (Lipinski definition) is 0. The predicted octanol–water partition coefficient (Wildman–Crippen LogP) is 2.42. The molecule has 3 rings (SSSR count). The highest BCUT2D eigenvalue weighted by molar-refractivity contribution is 5.95. The van der Waals surface area contributed by atoms with Crippen LogP contribution in [-0.4, -0.2) is 27.7 Å². The third-order valence-electron chi connectivity index (χ3n) is 3.29. The molecule has 5 heteroatoms. The summed E-state index contributed by atoms with van der Waals surface area (Å²) in [5, 5.41) is 4.41. The summed E-state index contributed by atoms with van der Waals surface area (Å²) in [6, 6.07) is 11.7. The molecule has 5 nitrogen and oxygen atoms in total. The number of aryl methyl sites for hydroxylation is 1. The van der Waals surface area contributed by atoms with E-state index in [9.17, 15) is 4.79 Å². The summed E-state index contributed by atoms with van der Waals surface area (Å²) in [5.41, 5.74) is 3.29. The van der Waals surface area contributed by atoms with Crippen LogP contribution >= 0.6 is 0 Å². The quantitative estimate of drug-likeness (QED) is 0.692. The Kier molecular flexibility index (Phi) is 3.39. The molecule has 0 radical (unpaired) electrons. The maximum atomic E-state index is 11.7. The number of esters is 1. The van der Waals surface area contributed by atoms with Gasteiger partial charge in [0, 0.05) is 12.6 Å². The van der Waals surface area contributed by atoms with Crippen molar-refractivity contribution in [3.05, 3.63) is 65.1 Å². The molecule has 0 atom stereocenters. The summed E-state index contributed by atoms with van der Waals surface area (Å²) in [4.78, 5) is 16.2. The number of methoxy groups -OCH3 is 1. The summed E-state index contributed by atoms with van der Waals surface area (Å²) in [6.07, 6.45) is 2.40. The van der Waals surface area contributed by atoms with Gasteiger partial charge in [-0.2, -0.15) is 5.10 Å². The minimum atomic E-state index is -0.408. The van der Waals surface area contributed by atoms with Crippen LogP contribution < -0.4 is 0 Å². The number of nitrogens with zero attached hydrogens (tertiary/aromatic N) is 3. The van der Waals surface area contributed by atoms with Crippen LogP contribution in [0.25, 0.3) is 5.65 Å². The summed E-state index contributed by atoms with van der Waals surface area (Å²) in [6.45, 7) is 2.05. The van der Waals surface area contributed by atoms with Gasteiger partial charge in [-0.15, -0.1) is 0 Å². The van der Waals surface area contributed by atoms with E-state index in [0.717, 1.165) is 5.56 Å². The molecule has 0 aliphatic carbocycles. The topological polar surface area (TPSA) is 56.5 Å². The van der Waals surface area contributed by atoms with Gasteiger partial charge in [0.1, 0.15) is 5.56 Å². The lowest BCUT2D eigenvalue weighted by atomic mass is 10.1. The first-order valence-corrected chi connectivity index (χ1v) is 6.65. The SMILES string of the molecule is COC(=O)c1cccn2nc(Cc3ccc(C)cc3)nc12. The first kappa shape index (κ1) is 13.3. The molecule has 21 heavy (non-hydrogen) atoms. The van der Waals surface area contributed by atoms with E-state index in [-0.39, 0.29) is 0 Å². The molecular weight excluding hydrogens is 266 g/mol. The van der Waals surface area contributed by atoms with Gasteiger partial charge in [0.05, 0.1) is 7.11 Å². The Morgan fingerprint density at radius 3 is 2.71 bits per heavy atom. The first-order valence-electron chi connectivity index (χ1n) is 6.65. The molecule has 0 saturated carbocycles. The fourth-order valence-corrected chi connectivity index (χ4v) is 2.18. The van der Waals surface area contributed by atoms with Gasteiger partial charge in [0.15, 0.2) is 11.5 Å². The third kappa shape index (κ3) is 2.63. The Bertz CT molecular complexity index is 791. The molecule has 0 aliphatic rings. The molecule has 0 aliphatic heterocycles. The highest BCUT2D eigenvalue weighted by Gasteiger charge is 2.14. The standard InChI is InChI=1S/C16H15N3O2/c1-11-5-7-12(8-6-11)10-14-17-15-13(16(20)21-2)4-3-9-19(15)18-14/h3-9H,10H2,1-2H3. The second kappa shape index (κ2) is 5.36. The zero-order valence-electron chi connectivity index (χ0n) is 11.9. The highest BCUT2D eigenvalue weighted by Crippen LogP contribution is 2.13. The Balaban J connectivity index is 1.97. The van der Waals surface area contributed by atoms with Crippen LogP contribution in [0.1, 0.15) is 27.3 Å². The molecule has 3 aromatic rings. The number of pyridine rings is 1. The van der Waals surface area contributed by atoms with E-state index in [2.05, 4.69) is 41.3 Å². The monoisotopic (exact) mass is 281 g/mol. The van der Waals surface area contributed by atoms with Crippen LogP contribution in [0, 0.1) is 6.92 Å². The Morgan fingerprint density at radius 1 is 1.24 bits per heavy atom. The average Bonchev–Trinajstić information content (AvgIpc) is 2.91. The van der Waals surface area contributed by atoms with Crippen LogP contribution in [0.3, 0.4) is 0 Å². The van der Waals surface area contributed by atoms with Gasteiger partial charge in [0.2, 0.25) is 0 Å². The minimum absolute atomic E-state index is 0.408. The maximum absolute atomic E-state index is 11.7. The Hall–Kier alpha value is -2.69. The summed E-state index contributed by atoms with van der Waals surface area (Å²) < 4.78 is 6.37. The zero-order chi connectivity index (χ0) is 14.8. The summed E-state index contributed by atoms with van der Waals surface area (Å²) in [5.74, 6) is 0.269. The van der Waals surface area contributed by atoms with Crippen molar-refractivity contribution in [2.45, 2.75) is 13.3 Å². The second-order valence-electron chi connectivity index (χ2n) is 4.87. The van der Waals surface area contributed by atoms with Crippen LogP contribution in [0.5, 0.6) is 0 Å². The molecule has 1 aromatic carbocycles. The van der Waals surface area contributed by atoms with Crippen molar-refractivity contribution in [2.75, 3.05) is 7.11 Å². The van der Waals surface area contributed by atoms with Crippen molar-refractivity contribution < 1.29 is 9.53 Å². The van der Waals surface area contributed by atoms with Crippen LogP contribution in [0.2, 0.25) is 0 Å². The lowest BCUT2D eigenvalue weighted by Crippen LogP contribution is -2.04. The third-order valence-corrected chi connectivity index (χ3v) is 3.29. The zero-order valence-corrected chi connectivity index (χ0v) is 11.9. The lowest BCUT2D eigenvalue weighted by molar-refractivity contribution is 0.0602.